The molecule has 124 valence electrons. The Morgan fingerprint density at radius 2 is 1.57 bits per heavy atom. The molecule has 0 aliphatic rings. The van der Waals surface area contributed by atoms with Crippen molar-refractivity contribution in [3.8, 4) is 0 Å². The summed E-state index contributed by atoms with van der Waals surface area (Å²) in [4.78, 5) is 8.71. The van der Waals surface area contributed by atoms with Gasteiger partial charge in [-0.05, 0) is 30.6 Å². The summed E-state index contributed by atoms with van der Waals surface area (Å²) >= 11 is 1.50. The molecule has 2 heterocycles. The molecule has 0 spiro atoms. The van der Waals surface area contributed by atoms with Gasteiger partial charge in [-0.1, -0.05) is 53.7 Å². The van der Waals surface area contributed by atoms with Crippen molar-refractivity contribution in [2.24, 2.45) is 0 Å². The van der Waals surface area contributed by atoms with Crippen LogP contribution in [0.25, 0.3) is 11.1 Å². The number of para-hydroxylation sites is 2. The monoisotopic (exact) mass is 331 g/mol. The fourth-order valence-corrected chi connectivity index (χ4v) is 2.50. The van der Waals surface area contributed by atoms with E-state index < -0.39 is 0 Å². The number of oxazole rings is 1. The van der Waals surface area contributed by atoms with Crippen molar-refractivity contribution in [1.82, 2.24) is 14.3 Å². The Balaban J connectivity index is 0.000000174. The maximum absolute atomic E-state index is 5.62. The molecular formula is C18H25N3OS. The minimum atomic E-state index is -0.0149. The van der Waals surface area contributed by atoms with Crippen LogP contribution >= 0.6 is 11.5 Å². The minimum absolute atomic E-state index is 0.0149. The van der Waals surface area contributed by atoms with Crippen molar-refractivity contribution in [3.63, 3.8) is 0 Å². The van der Waals surface area contributed by atoms with Crippen LogP contribution in [-0.4, -0.2) is 14.3 Å². The summed E-state index contributed by atoms with van der Waals surface area (Å²) in [7, 11) is 0. The van der Waals surface area contributed by atoms with Gasteiger partial charge in [0.2, 0.25) is 5.89 Å². The molecule has 4 nitrogen and oxygen atoms in total. The van der Waals surface area contributed by atoms with Crippen LogP contribution < -0.4 is 0 Å². The van der Waals surface area contributed by atoms with E-state index in [0.717, 1.165) is 27.8 Å². The van der Waals surface area contributed by atoms with Crippen LogP contribution in [0.1, 0.15) is 58.3 Å². The van der Waals surface area contributed by atoms with E-state index in [1.807, 2.05) is 31.2 Å². The van der Waals surface area contributed by atoms with Crippen molar-refractivity contribution in [1.29, 1.82) is 0 Å². The first-order valence-electron chi connectivity index (χ1n) is 7.74. The maximum Gasteiger partial charge on any atom is 0.200 e. The summed E-state index contributed by atoms with van der Waals surface area (Å²) < 4.78 is 9.73. The highest BCUT2D eigenvalue weighted by molar-refractivity contribution is 7.05. The van der Waals surface area contributed by atoms with E-state index in [1.54, 1.807) is 0 Å². The third kappa shape index (κ3) is 4.61. The van der Waals surface area contributed by atoms with Crippen LogP contribution in [0.5, 0.6) is 0 Å². The SMILES string of the molecule is CC(C)(C)c1nc2ccccc2o1.Cc1nsc(C(C)(C)C)n1. The van der Waals surface area contributed by atoms with E-state index in [4.69, 9.17) is 4.42 Å². The lowest BCUT2D eigenvalue weighted by atomic mass is 9.97. The zero-order chi connectivity index (χ0) is 17.3. The number of nitrogens with zero attached hydrogens (tertiary/aromatic N) is 3. The average molecular weight is 331 g/mol. The van der Waals surface area contributed by atoms with Crippen molar-refractivity contribution in [3.05, 3.63) is 41.0 Å². The molecule has 0 amide bonds. The van der Waals surface area contributed by atoms with Gasteiger partial charge in [0, 0.05) is 10.8 Å². The van der Waals surface area contributed by atoms with E-state index in [-0.39, 0.29) is 10.8 Å². The van der Waals surface area contributed by atoms with E-state index in [2.05, 4.69) is 55.9 Å². The van der Waals surface area contributed by atoms with Gasteiger partial charge in [-0.2, -0.15) is 4.37 Å². The molecule has 3 rings (SSSR count). The molecule has 0 bridgehead atoms. The van der Waals surface area contributed by atoms with Crippen LogP contribution in [0.3, 0.4) is 0 Å². The smallest absolute Gasteiger partial charge is 0.200 e. The highest BCUT2D eigenvalue weighted by atomic mass is 32.1. The van der Waals surface area contributed by atoms with Gasteiger partial charge in [-0.25, -0.2) is 9.97 Å². The van der Waals surface area contributed by atoms with Gasteiger partial charge in [0.15, 0.2) is 5.58 Å². The number of hydrogen-bond donors (Lipinski definition) is 0. The number of aryl methyl sites for hydroxylation is 1. The number of aromatic nitrogens is 3. The second-order valence-corrected chi connectivity index (χ2v) is 8.39. The fourth-order valence-electron chi connectivity index (χ4n) is 1.79. The molecule has 0 saturated heterocycles. The molecule has 3 aromatic rings. The molecule has 0 aliphatic carbocycles. The van der Waals surface area contributed by atoms with Gasteiger partial charge in [0.05, 0.1) is 0 Å². The van der Waals surface area contributed by atoms with Crippen molar-refractivity contribution in [2.45, 2.75) is 59.3 Å². The summed E-state index contributed by atoms with van der Waals surface area (Å²) in [6.45, 7) is 14.6. The molecule has 23 heavy (non-hydrogen) atoms. The van der Waals surface area contributed by atoms with Gasteiger partial charge in [0.25, 0.3) is 0 Å². The molecule has 0 aliphatic heterocycles. The van der Waals surface area contributed by atoms with Crippen molar-refractivity contribution < 1.29 is 4.42 Å². The second kappa shape index (κ2) is 6.40. The topological polar surface area (TPSA) is 51.8 Å². The summed E-state index contributed by atoms with van der Waals surface area (Å²) in [5.41, 5.74) is 1.95. The Kier molecular flexibility index (Phi) is 4.90. The second-order valence-electron chi connectivity index (χ2n) is 7.63. The highest BCUT2D eigenvalue weighted by Crippen LogP contribution is 2.25. The molecule has 1 aromatic carbocycles. The van der Waals surface area contributed by atoms with Gasteiger partial charge >= 0.3 is 0 Å². The lowest BCUT2D eigenvalue weighted by Crippen LogP contribution is -2.10. The van der Waals surface area contributed by atoms with Gasteiger partial charge in [0.1, 0.15) is 16.3 Å². The summed E-state index contributed by atoms with van der Waals surface area (Å²) in [6.07, 6.45) is 0. The summed E-state index contributed by atoms with van der Waals surface area (Å²) in [5.74, 6) is 1.68. The number of benzene rings is 1. The highest BCUT2D eigenvalue weighted by Gasteiger charge is 2.20. The number of hydrogen-bond acceptors (Lipinski definition) is 5. The normalized spacial score (nSPS) is 12.1. The minimum Gasteiger partial charge on any atom is -0.440 e. The van der Waals surface area contributed by atoms with E-state index in [0.29, 0.717) is 0 Å². The van der Waals surface area contributed by atoms with Crippen LogP contribution in [0.15, 0.2) is 28.7 Å². The van der Waals surface area contributed by atoms with Crippen LogP contribution in [-0.2, 0) is 10.8 Å². The molecule has 0 fully saturated rings. The van der Waals surface area contributed by atoms with Crippen LogP contribution in [0.2, 0.25) is 0 Å². The third-order valence-electron chi connectivity index (χ3n) is 3.10. The predicted octanol–water partition coefficient (Wildman–Crippen LogP) is 5.27. The van der Waals surface area contributed by atoms with Gasteiger partial charge in [-0.3, -0.25) is 0 Å². The van der Waals surface area contributed by atoms with Crippen molar-refractivity contribution >= 4 is 22.6 Å². The maximum atomic E-state index is 5.62. The molecule has 0 radical (unpaired) electrons. The Hall–Kier alpha value is -1.75. The average Bonchev–Trinajstić information content (AvgIpc) is 3.03. The van der Waals surface area contributed by atoms with E-state index >= 15 is 0 Å². The molecule has 2 aromatic heterocycles. The Labute approximate surface area is 142 Å². The van der Waals surface area contributed by atoms with E-state index in [1.165, 1.54) is 11.5 Å². The zero-order valence-electron chi connectivity index (χ0n) is 15.0. The molecule has 0 N–H and O–H groups in total. The van der Waals surface area contributed by atoms with Crippen LogP contribution in [0.4, 0.5) is 0 Å². The lowest BCUT2D eigenvalue weighted by Gasteiger charge is -2.12. The van der Waals surface area contributed by atoms with Crippen molar-refractivity contribution in [2.75, 3.05) is 0 Å². The summed E-state index contributed by atoms with van der Waals surface area (Å²) in [5, 5.41) is 1.12. The van der Waals surface area contributed by atoms with E-state index in [9.17, 15) is 0 Å². The molecule has 0 saturated carbocycles. The lowest BCUT2D eigenvalue weighted by molar-refractivity contribution is 0.411. The molecule has 0 unspecified atom stereocenters. The first-order valence-corrected chi connectivity index (χ1v) is 8.51. The van der Waals surface area contributed by atoms with Crippen LogP contribution in [0, 0.1) is 6.92 Å². The predicted molar refractivity (Wildman–Crippen MR) is 96.1 cm³/mol. The summed E-state index contributed by atoms with van der Waals surface area (Å²) in [6, 6.07) is 7.84. The standard InChI is InChI=1S/C11H13NO.C7H12N2S/c1-11(2,3)10-12-8-6-4-5-7-9(8)13-10;1-5-8-6(10-9-5)7(2,3)4/h4-7H,1-3H3;1-4H3. The Bertz CT molecular complexity index is 742. The number of fused-ring (bicyclic) bond motifs is 1. The molecule has 5 heteroatoms. The quantitative estimate of drug-likeness (QED) is 0.563. The number of rotatable bonds is 0. The first kappa shape index (κ1) is 17.6. The Morgan fingerprint density at radius 1 is 0.913 bits per heavy atom. The molecular weight excluding hydrogens is 306 g/mol. The zero-order valence-corrected chi connectivity index (χ0v) is 15.8. The first-order chi connectivity index (χ1) is 10.6. The molecule has 0 atom stereocenters. The fraction of sp³-hybridized carbons (Fsp3) is 0.500. The van der Waals surface area contributed by atoms with Gasteiger partial charge in [-0.15, -0.1) is 0 Å². The van der Waals surface area contributed by atoms with Gasteiger partial charge < -0.3 is 4.42 Å². The third-order valence-corrected chi connectivity index (χ3v) is 4.34. The largest absolute Gasteiger partial charge is 0.440 e. The Morgan fingerprint density at radius 3 is 2.00 bits per heavy atom.